The number of rotatable bonds is 4. The first-order valence-electron chi connectivity index (χ1n) is 9.64. The molecule has 1 aromatic carbocycles. The summed E-state index contributed by atoms with van der Waals surface area (Å²) in [4.78, 5) is 22.0. The maximum Gasteiger partial charge on any atom is 0.267 e. The topological polar surface area (TPSA) is 131 Å². The van der Waals surface area contributed by atoms with E-state index in [1.807, 2.05) is 24.3 Å². The molecule has 8 heteroatoms. The minimum Gasteiger partial charge on any atom is -0.397 e. The maximum absolute atomic E-state index is 12.9. The van der Waals surface area contributed by atoms with Gasteiger partial charge in [-0.25, -0.2) is 4.98 Å². The van der Waals surface area contributed by atoms with Crippen LogP contribution in [-0.2, 0) is 0 Å². The van der Waals surface area contributed by atoms with Crippen molar-refractivity contribution in [3.05, 3.63) is 64.8 Å². The van der Waals surface area contributed by atoms with E-state index in [9.17, 15) is 10.1 Å². The van der Waals surface area contributed by atoms with Crippen LogP contribution in [0.2, 0.25) is 0 Å². The first kappa shape index (κ1) is 20.3. The Kier molecular flexibility index (Phi) is 5.28. The van der Waals surface area contributed by atoms with Crippen LogP contribution in [-0.4, -0.2) is 15.9 Å². The fourth-order valence-corrected chi connectivity index (χ4v) is 4.41. The van der Waals surface area contributed by atoms with Crippen molar-refractivity contribution in [2.24, 2.45) is 0 Å². The van der Waals surface area contributed by atoms with Crippen LogP contribution in [0.25, 0.3) is 21.3 Å². The van der Waals surface area contributed by atoms with Crippen LogP contribution >= 0.6 is 11.3 Å². The quantitative estimate of drug-likeness (QED) is 0.429. The zero-order valence-electron chi connectivity index (χ0n) is 17.0. The molecular weight excluding hydrogens is 408 g/mol. The van der Waals surface area contributed by atoms with Gasteiger partial charge in [-0.05, 0) is 29.2 Å². The van der Waals surface area contributed by atoms with Crippen LogP contribution < -0.4 is 16.8 Å². The first-order valence-corrected chi connectivity index (χ1v) is 10.5. The molecule has 3 heterocycles. The number of aromatic nitrogens is 2. The highest BCUT2D eigenvalue weighted by Crippen LogP contribution is 2.43. The summed E-state index contributed by atoms with van der Waals surface area (Å²) in [5.74, 6) is 0.131. The maximum atomic E-state index is 12.9. The van der Waals surface area contributed by atoms with E-state index in [1.165, 1.54) is 5.56 Å². The SMILES string of the molecule is CC(C)c1ccc(-c2c(C#N)c(N)nc3sc(C(=O)Nc4ccncc4)c(N)c23)cc1. The van der Waals surface area contributed by atoms with Gasteiger partial charge in [-0.1, -0.05) is 38.1 Å². The van der Waals surface area contributed by atoms with Crippen LogP contribution in [0.4, 0.5) is 17.2 Å². The van der Waals surface area contributed by atoms with Crippen LogP contribution in [0.15, 0.2) is 48.8 Å². The fraction of sp³-hybridized carbons (Fsp3) is 0.130. The van der Waals surface area contributed by atoms with Gasteiger partial charge in [0.05, 0.1) is 5.69 Å². The Morgan fingerprint density at radius 2 is 1.81 bits per heavy atom. The number of nitrogens with one attached hydrogen (secondary N) is 1. The lowest BCUT2D eigenvalue weighted by Gasteiger charge is -2.11. The van der Waals surface area contributed by atoms with Crippen LogP contribution in [0.5, 0.6) is 0 Å². The summed E-state index contributed by atoms with van der Waals surface area (Å²) in [7, 11) is 0. The highest BCUT2D eigenvalue weighted by atomic mass is 32.1. The Morgan fingerprint density at radius 1 is 1.13 bits per heavy atom. The van der Waals surface area contributed by atoms with Crippen molar-refractivity contribution in [3.8, 4) is 17.2 Å². The van der Waals surface area contributed by atoms with Crippen molar-refractivity contribution in [3.63, 3.8) is 0 Å². The molecule has 0 saturated heterocycles. The third-order valence-electron chi connectivity index (χ3n) is 5.03. The zero-order chi connectivity index (χ0) is 22.1. The highest BCUT2D eigenvalue weighted by molar-refractivity contribution is 7.21. The lowest BCUT2D eigenvalue weighted by atomic mass is 9.94. The molecule has 0 spiro atoms. The third-order valence-corrected chi connectivity index (χ3v) is 6.13. The molecule has 0 radical (unpaired) electrons. The molecule has 3 aromatic heterocycles. The van der Waals surface area contributed by atoms with Crippen LogP contribution in [0.1, 0.15) is 40.6 Å². The summed E-state index contributed by atoms with van der Waals surface area (Å²) >= 11 is 1.15. The Balaban J connectivity index is 1.89. The molecule has 0 aliphatic heterocycles. The molecule has 5 N–H and O–H groups in total. The molecule has 0 atom stereocenters. The van der Waals surface area contributed by atoms with Gasteiger partial charge in [-0.3, -0.25) is 9.78 Å². The van der Waals surface area contributed by atoms with Crippen molar-refractivity contribution in [1.29, 1.82) is 5.26 Å². The third kappa shape index (κ3) is 3.67. The largest absolute Gasteiger partial charge is 0.397 e. The number of nitrogens with two attached hydrogens (primary N) is 2. The predicted molar refractivity (Wildman–Crippen MR) is 125 cm³/mol. The predicted octanol–water partition coefficient (Wildman–Crippen LogP) is 4.77. The molecule has 0 unspecified atom stereocenters. The van der Waals surface area contributed by atoms with E-state index in [4.69, 9.17) is 11.5 Å². The van der Waals surface area contributed by atoms with E-state index in [0.29, 0.717) is 32.3 Å². The summed E-state index contributed by atoms with van der Waals surface area (Å²) in [6, 6.07) is 13.4. The molecule has 154 valence electrons. The molecular formula is C23H20N6OS. The molecule has 4 aromatic rings. The average Bonchev–Trinajstić information content (AvgIpc) is 3.09. The number of fused-ring (bicyclic) bond motifs is 1. The molecule has 31 heavy (non-hydrogen) atoms. The average molecular weight is 429 g/mol. The Morgan fingerprint density at radius 3 is 2.42 bits per heavy atom. The van der Waals surface area contributed by atoms with E-state index < -0.39 is 0 Å². The second kappa shape index (κ2) is 8.05. The van der Waals surface area contributed by atoms with Crippen LogP contribution in [0, 0.1) is 11.3 Å². The molecule has 0 bridgehead atoms. The van der Waals surface area contributed by atoms with Gasteiger partial charge in [-0.15, -0.1) is 11.3 Å². The number of benzene rings is 1. The number of nitriles is 1. The van der Waals surface area contributed by atoms with Crippen molar-refractivity contribution in [2.45, 2.75) is 19.8 Å². The van der Waals surface area contributed by atoms with Gasteiger partial charge in [0.15, 0.2) is 0 Å². The number of anilines is 3. The van der Waals surface area contributed by atoms with Crippen molar-refractivity contribution < 1.29 is 4.79 Å². The van der Waals surface area contributed by atoms with Gasteiger partial charge in [-0.2, -0.15) is 5.26 Å². The Hall–Kier alpha value is -3.96. The van der Waals surface area contributed by atoms with Crippen molar-refractivity contribution in [1.82, 2.24) is 9.97 Å². The normalized spacial score (nSPS) is 10.9. The number of nitrogens with zero attached hydrogens (tertiary/aromatic N) is 3. The summed E-state index contributed by atoms with van der Waals surface area (Å²) < 4.78 is 0. The monoisotopic (exact) mass is 428 g/mol. The van der Waals surface area contributed by atoms with E-state index in [0.717, 1.165) is 16.9 Å². The van der Waals surface area contributed by atoms with E-state index in [-0.39, 0.29) is 23.0 Å². The number of amides is 1. The number of hydrogen-bond acceptors (Lipinski definition) is 7. The van der Waals surface area contributed by atoms with E-state index in [2.05, 4.69) is 35.2 Å². The molecule has 0 aliphatic carbocycles. The molecule has 1 amide bonds. The van der Waals surface area contributed by atoms with Crippen molar-refractivity contribution in [2.75, 3.05) is 16.8 Å². The highest BCUT2D eigenvalue weighted by Gasteiger charge is 2.24. The lowest BCUT2D eigenvalue weighted by molar-refractivity contribution is 0.103. The Labute approximate surface area is 183 Å². The van der Waals surface area contributed by atoms with Gasteiger partial charge in [0.25, 0.3) is 5.91 Å². The summed E-state index contributed by atoms with van der Waals surface area (Å²) in [5, 5.41) is 13.1. The fourth-order valence-electron chi connectivity index (χ4n) is 3.40. The zero-order valence-corrected chi connectivity index (χ0v) is 17.8. The molecule has 0 aliphatic rings. The first-order chi connectivity index (χ1) is 14.9. The van der Waals surface area contributed by atoms with Gasteiger partial charge < -0.3 is 16.8 Å². The van der Waals surface area contributed by atoms with E-state index in [1.54, 1.807) is 24.5 Å². The number of nitrogen functional groups attached to an aromatic ring is 2. The van der Waals surface area contributed by atoms with Gasteiger partial charge in [0, 0.05) is 29.0 Å². The van der Waals surface area contributed by atoms with Gasteiger partial charge in [0.1, 0.15) is 27.2 Å². The second-order valence-corrected chi connectivity index (χ2v) is 8.35. The minimum absolute atomic E-state index is 0.111. The summed E-state index contributed by atoms with van der Waals surface area (Å²) in [6.07, 6.45) is 3.18. The summed E-state index contributed by atoms with van der Waals surface area (Å²) in [5.41, 5.74) is 16.2. The number of pyridine rings is 2. The molecule has 4 rings (SSSR count). The lowest BCUT2D eigenvalue weighted by Crippen LogP contribution is -2.11. The second-order valence-electron chi connectivity index (χ2n) is 7.35. The van der Waals surface area contributed by atoms with Gasteiger partial charge >= 0.3 is 0 Å². The molecule has 0 saturated carbocycles. The number of carbonyl (C=O) groups excluding carboxylic acids is 1. The molecule has 7 nitrogen and oxygen atoms in total. The number of thiophene rings is 1. The van der Waals surface area contributed by atoms with Gasteiger partial charge in [0.2, 0.25) is 0 Å². The standard InChI is InChI=1S/C23H20N6OS/c1-12(2)13-3-5-14(6-4-13)17-16(11-24)21(26)29-23-18(17)19(25)20(31-23)22(30)28-15-7-9-27-10-8-15/h3-10,12H,25H2,1-2H3,(H2,26,29)(H,27,28,30). The van der Waals surface area contributed by atoms with Crippen molar-refractivity contribution >= 4 is 44.7 Å². The minimum atomic E-state index is -0.357. The van der Waals surface area contributed by atoms with Crippen LogP contribution in [0.3, 0.4) is 0 Å². The molecule has 0 fully saturated rings. The van der Waals surface area contributed by atoms with E-state index >= 15 is 0 Å². The smallest absolute Gasteiger partial charge is 0.267 e. The number of hydrogen-bond donors (Lipinski definition) is 3. The summed E-state index contributed by atoms with van der Waals surface area (Å²) in [6.45, 7) is 4.23. The number of carbonyl (C=O) groups is 1. The Bertz CT molecular complexity index is 1320.